The Bertz CT molecular complexity index is 1000. The van der Waals surface area contributed by atoms with Gasteiger partial charge in [-0.3, -0.25) is 9.36 Å². The zero-order chi connectivity index (χ0) is 16.0. The van der Waals surface area contributed by atoms with E-state index in [1.54, 1.807) is 22.8 Å². The topological polar surface area (TPSA) is 34.9 Å². The molecule has 1 aliphatic heterocycles. The van der Waals surface area contributed by atoms with Crippen LogP contribution in [0.5, 0.6) is 0 Å². The van der Waals surface area contributed by atoms with Crippen LogP contribution in [0, 0.1) is 0 Å². The number of halogens is 2. The van der Waals surface area contributed by atoms with Crippen LogP contribution < -0.4 is 5.56 Å². The summed E-state index contributed by atoms with van der Waals surface area (Å²) in [5.41, 5.74) is 2.71. The number of benzene rings is 2. The minimum Gasteiger partial charge on any atom is -0.292 e. The molecule has 4 rings (SSSR count). The molecule has 0 atom stereocenters. The summed E-state index contributed by atoms with van der Waals surface area (Å²) in [5, 5.41) is 1.88. The molecule has 3 nitrogen and oxygen atoms in total. The van der Waals surface area contributed by atoms with Crippen LogP contribution in [-0.4, -0.2) is 9.55 Å². The maximum atomic E-state index is 12.6. The molecule has 0 fully saturated rings. The van der Waals surface area contributed by atoms with Crippen molar-refractivity contribution in [3.8, 4) is 0 Å². The van der Waals surface area contributed by atoms with E-state index in [1.807, 2.05) is 24.3 Å². The fraction of sp³-hybridized carbons (Fsp3) is 0.111. The molecule has 0 saturated carbocycles. The highest BCUT2D eigenvalue weighted by Gasteiger charge is 2.20. The molecule has 0 amide bonds. The summed E-state index contributed by atoms with van der Waals surface area (Å²) in [5.74, 6) is 0.722. The number of hydrogen-bond donors (Lipinski definition) is 0. The van der Waals surface area contributed by atoms with Crippen molar-refractivity contribution in [1.29, 1.82) is 0 Å². The molecule has 23 heavy (non-hydrogen) atoms. The Labute approximate surface area is 142 Å². The fourth-order valence-corrected chi connectivity index (χ4v) is 3.18. The number of nitrogens with zero attached hydrogens (tertiary/aromatic N) is 2. The monoisotopic (exact) mass is 342 g/mol. The van der Waals surface area contributed by atoms with Crippen molar-refractivity contribution < 1.29 is 0 Å². The van der Waals surface area contributed by atoms with Crippen molar-refractivity contribution >= 4 is 45.8 Å². The van der Waals surface area contributed by atoms with Gasteiger partial charge in [0.25, 0.3) is 5.56 Å². The third-order valence-electron chi connectivity index (χ3n) is 4.02. The van der Waals surface area contributed by atoms with Gasteiger partial charge in [0.05, 0.1) is 10.9 Å². The summed E-state index contributed by atoms with van der Waals surface area (Å²) < 4.78 is 1.73. The Balaban J connectivity index is 1.89. The zero-order valence-electron chi connectivity index (χ0n) is 12.1. The number of rotatable bonds is 1. The first-order valence-electron chi connectivity index (χ1n) is 7.28. The highest BCUT2D eigenvalue weighted by molar-refractivity contribution is 6.31. The van der Waals surface area contributed by atoms with Crippen molar-refractivity contribution in [3.63, 3.8) is 0 Å². The second-order valence-corrected chi connectivity index (χ2v) is 6.40. The second kappa shape index (κ2) is 5.52. The number of allylic oxidation sites excluding steroid dienone is 1. The molecule has 0 radical (unpaired) electrons. The van der Waals surface area contributed by atoms with Crippen LogP contribution in [0.1, 0.15) is 17.8 Å². The number of hydrogen-bond acceptors (Lipinski definition) is 2. The molecule has 1 aromatic heterocycles. The number of aromatic nitrogens is 2. The Hall–Kier alpha value is -2.10. The van der Waals surface area contributed by atoms with Gasteiger partial charge in [-0.2, -0.15) is 0 Å². The van der Waals surface area contributed by atoms with Crippen molar-refractivity contribution in [1.82, 2.24) is 9.55 Å². The molecule has 5 heteroatoms. The van der Waals surface area contributed by atoms with Gasteiger partial charge in [-0.1, -0.05) is 35.3 Å². The van der Waals surface area contributed by atoms with Gasteiger partial charge in [0, 0.05) is 16.6 Å². The normalized spacial score (nSPS) is 15.3. The Kier molecular flexibility index (Phi) is 3.47. The van der Waals surface area contributed by atoms with E-state index in [9.17, 15) is 4.79 Å². The summed E-state index contributed by atoms with van der Waals surface area (Å²) in [6.45, 7) is 0.652. The summed E-state index contributed by atoms with van der Waals surface area (Å²) in [7, 11) is 0. The minimum absolute atomic E-state index is 0.0128. The highest BCUT2D eigenvalue weighted by Crippen LogP contribution is 2.28. The molecular weight excluding hydrogens is 331 g/mol. The van der Waals surface area contributed by atoms with Crippen LogP contribution in [0.3, 0.4) is 0 Å². The quantitative estimate of drug-likeness (QED) is 0.645. The lowest BCUT2D eigenvalue weighted by Crippen LogP contribution is -2.20. The Morgan fingerprint density at radius 2 is 1.78 bits per heavy atom. The average molecular weight is 343 g/mol. The molecule has 3 aromatic rings. The van der Waals surface area contributed by atoms with E-state index in [4.69, 9.17) is 23.2 Å². The summed E-state index contributed by atoms with van der Waals surface area (Å²) >= 11 is 11.9. The Morgan fingerprint density at radius 1 is 1.04 bits per heavy atom. The van der Waals surface area contributed by atoms with Crippen LogP contribution in [-0.2, 0) is 6.54 Å². The lowest BCUT2D eigenvalue weighted by molar-refractivity contribution is 0.725. The van der Waals surface area contributed by atoms with E-state index in [1.165, 1.54) is 0 Å². The standard InChI is InChI=1S/C18H12Cl2N2O/c19-13-3-1-11(2-4-13)9-12-7-8-22-17(12)21-16-10-14(20)5-6-15(16)18(22)23/h1-6,9-10H,7-8H2/b12-9-. The average Bonchev–Trinajstić information content (AvgIpc) is 2.93. The van der Waals surface area contributed by atoms with Crippen LogP contribution in [0.15, 0.2) is 47.3 Å². The molecular formula is C18H12Cl2N2O. The van der Waals surface area contributed by atoms with Gasteiger partial charge in [0.15, 0.2) is 0 Å². The zero-order valence-corrected chi connectivity index (χ0v) is 13.6. The largest absolute Gasteiger partial charge is 0.292 e. The van der Waals surface area contributed by atoms with Crippen LogP contribution in [0.25, 0.3) is 22.6 Å². The van der Waals surface area contributed by atoms with Gasteiger partial charge in [-0.15, -0.1) is 0 Å². The van der Waals surface area contributed by atoms with E-state index in [0.29, 0.717) is 27.5 Å². The lowest BCUT2D eigenvalue weighted by atomic mass is 10.1. The molecule has 0 aliphatic carbocycles. The first-order chi connectivity index (χ1) is 11.1. The molecule has 0 saturated heterocycles. The number of fused-ring (bicyclic) bond motifs is 2. The molecule has 2 heterocycles. The molecule has 0 unspecified atom stereocenters. The third-order valence-corrected chi connectivity index (χ3v) is 4.51. The van der Waals surface area contributed by atoms with Gasteiger partial charge in [-0.05, 0) is 54.0 Å². The first-order valence-corrected chi connectivity index (χ1v) is 8.04. The van der Waals surface area contributed by atoms with Crippen LogP contribution >= 0.6 is 23.2 Å². The summed E-state index contributed by atoms with van der Waals surface area (Å²) in [4.78, 5) is 17.3. The van der Waals surface area contributed by atoms with E-state index >= 15 is 0 Å². The van der Waals surface area contributed by atoms with E-state index in [-0.39, 0.29) is 5.56 Å². The van der Waals surface area contributed by atoms with Crippen LogP contribution in [0.2, 0.25) is 10.0 Å². The summed E-state index contributed by atoms with van der Waals surface area (Å²) in [6, 6.07) is 12.8. The Morgan fingerprint density at radius 3 is 2.57 bits per heavy atom. The van der Waals surface area contributed by atoms with Gasteiger partial charge in [0.2, 0.25) is 0 Å². The highest BCUT2D eigenvalue weighted by atomic mass is 35.5. The SMILES string of the molecule is O=c1c2ccc(Cl)cc2nc2n1CC/C2=C/c1ccc(Cl)cc1. The molecule has 0 bridgehead atoms. The molecule has 0 N–H and O–H groups in total. The molecule has 0 spiro atoms. The maximum absolute atomic E-state index is 12.6. The van der Waals surface area contributed by atoms with Crippen molar-refractivity contribution in [3.05, 3.63) is 74.3 Å². The van der Waals surface area contributed by atoms with Gasteiger partial charge in [-0.25, -0.2) is 4.98 Å². The fourth-order valence-electron chi connectivity index (χ4n) is 2.89. The second-order valence-electron chi connectivity index (χ2n) is 5.52. The minimum atomic E-state index is -0.0128. The van der Waals surface area contributed by atoms with Crippen LogP contribution in [0.4, 0.5) is 0 Å². The van der Waals surface area contributed by atoms with Gasteiger partial charge in [0.1, 0.15) is 5.82 Å². The van der Waals surface area contributed by atoms with Crippen molar-refractivity contribution in [2.24, 2.45) is 0 Å². The van der Waals surface area contributed by atoms with E-state index < -0.39 is 0 Å². The van der Waals surface area contributed by atoms with E-state index in [0.717, 1.165) is 23.4 Å². The smallest absolute Gasteiger partial charge is 0.261 e. The molecule has 1 aliphatic rings. The maximum Gasteiger partial charge on any atom is 0.261 e. The van der Waals surface area contributed by atoms with Crippen molar-refractivity contribution in [2.45, 2.75) is 13.0 Å². The lowest BCUT2D eigenvalue weighted by Gasteiger charge is -2.06. The van der Waals surface area contributed by atoms with Gasteiger partial charge < -0.3 is 0 Å². The predicted octanol–water partition coefficient (Wildman–Crippen LogP) is 4.65. The summed E-state index contributed by atoms with van der Waals surface area (Å²) in [6.07, 6.45) is 2.84. The first kappa shape index (κ1) is 14.5. The molecule has 114 valence electrons. The van der Waals surface area contributed by atoms with Gasteiger partial charge >= 0.3 is 0 Å². The van der Waals surface area contributed by atoms with Crippen molar-refractivity contribution in [2.75, 3.05) is 0 Å². The third kappa shape index (κ3) is 2.56. The molecule has 2 aromatic carbocycles. The van der Waals surface area contributed by atoms with E-state index in [2.05, 4.69) is 11.1 Å². The predicted molar refractivity (Wildman–Crippen MR) is 95.0 cm³/mol.